The Hall–Kier alpha value is -2.25. The van der Waals surface area contributed by atoms with Gasteiger partial charge in [0, 0.05) is 44.8 Å². The number of anilines is 1. The van der Waals surface area contributed by atoms with Crippen molar-refractivity contribution in [2.45, 2.75) is 89.8 Å². The lowest BCUT2D eigenvalue weighted by Crippen LogP contribution is -2.46. The molecule has 0 radical (unpaired) electrons. The van der Waals surface area contributed by atoms with Gasteiger partial charge in [-0.1, -0.05) is 62.8 Å². The van der Waals surface area contributed by atoms with E-state index in [-0.39, 0.29) is 6.42 Å². The second-order valence-electron chi connectivity index (χ2n) is 11.2. The Morgan fingerprint density at radius 2 is 1.40 bits per heavy atom. The number of benzene rings is 2. The summed E-state index contributed by atoms with van der Waals surface area (Å²) in [5.41, 5.74) is 4.79. The van der Waals surface area contributed by atoms with Gasteiger partial charge in [-0.2, -0.15) is 13.2 Å². The summed E-state index contributed by atoms with van der Waals surface area (Å²) in [7, 11) is 0. The van der Waals surface area contributed by atoms with Crippen LogP contribution in [0.4, 0.5) is 18.9 Å². The quantitative estimate of drug-likeness (QED) is 0.159. The highest BCUT2D eigenvalue weighted by Crippen LogP contribution is 2.24. The Balaban J connectivity index is 1.06. The van der Waals surface area contributed by atoms with Gasteiger partial charge in [-0.25, -0.2) is 4.98 Å². The van der Waals surface area contributed by atoms with Crippen LogP contribution in [-0.2, 0) is 13.0 Å². The molecule has 0 saturated carbocycles. The van der Waals surface area contributed by atoms with Gasteiger partial charge in [0.25, 0.3) is 0 Å². The molecule has 40 heavy (non-hydrogen) atoms. The van der Waals surface area contributed by atoms with Crippen LogP contribution in [-0.4, -0.2) is 53.4 Å². The number of imidazole rings is 1. The van der Waals surface area contributed by atoms with Gasteiger partial charge >= 0.3 is 6.18 Å². The fraction of sp³-hybridized carbons (Fsp3) is 0.594. The maximum atomic E-state index is 12.2. The third kappa shape index (κ3) is 9.99. The Morgan fingerprint density at radius 3 is 2.17 bits per heavy atom. The van der Waals surface area contributed by atoms with E-state index in [2.05, 4.69) is 49.7 Å². The first-order valence-electron chi connectivity index (χ1n) is 15.1. The molecule has 0 unspecified atom stereocenters. The van der Waals surface area contributed by atoms with Crippen molar-refractivity contribution in [2.24, 2.45) is 0 Å². The van der Waals surface area contributed by atoms with Crippen molar-refractivity contribution in [2.75, 3.05) is 37.6 Å². The fourth-order valence-corrected chi connectivity index (χ4v) is 5.98. The molecule has 4 nitrogen and oxygen atoms in total. The van der Waals surface area contributed by atoms with E-state index >= 15 is 0 Å². The first-order valence-corrected chi connectivity index (χ1v) is 15.5. The van der Waals surface area contributed by atoms with Gasteiger partial charge in [0.05, 0.1) is 11.0 Å². The molecular weight excluding hydrogens is 533 g/mol. The van der Waals surface area contributed by atoms with E-state index in [9.17, 15) is 13.2 Å². The van der Waals surface area contributed by atoms with Crippen molar-refractivity contribution in [3.63, 3.8) is 0 Å². The summed E-state index contributed by atoms with van der Waals surface area (Å²) in [5, 5.41) is 0.581. The smallest absolute Gasteiger partial charge is 0.369 e. The Kier molecular flexibility index (Phi) is 12.0. The van der Waals surface area contributed by atoms with Crippen LogP contribution >= 0.6 is 11.6 Å². The van der Waals surface area contributed by atoms with Gasteiger partial charge in [-0.05, 0) is 80.1 Å². The molecule has 1 aliphatic rings. The molecule has 8 heteroatoms. The molecule has 0 amide bonds. The van der Waals surface area contributed by atoms with Crippen LogP contribution < -0.4 is 4.90 Å². The number of unbranched alkanes of at least 4 members (excludes halogenated alkanes) is 8. The van der Waals surface area contributed by atoms with E-state index in [0.29, 0.717) is 11.7 Å². The number of alkyl halides is 3. The minimum absolute atomic E-state index is 0.269. The van der Waals surface area contributed by atoms with Crippen molar-refractivity contribution in [1.82, 2.24) is 14.5 Å². The number of hydrogen-bond donors (Lipinski definition) is 0. The zero-order valence-corrected chi connectivity index (χ0v) is 24.4. The molecule has 2 aromatic carbocycles. The number of para-hydroxylation sites is 2. The van der Waals surface area contributed by atoms with E-state index in [1.165, 1.54) is 24.1 Å². The van der Waals surface area contributed by atoms with Gasteiger partial charge in [0.15, 0.2) is 0 Å². The van der Waals surface area contributed by atoms with E-state index in [1.54, 1.807) is 0 Å². The zero-order valence-electron chi connectivity index (χ0n) is 23.6. The molecule has 2 heterocycles. The molecule has 0 aliphatic carbocycles. The van der Waals surface area contributed by atoms with Crippen LogP contribution in [0.1, 0.15) is 76.2 Å². The number of aryl methyl sites for hydroxylation is 2. The molecule has 1 saturated heterocycles. The molecular formula is C32H44ClF3N4. The van der Waals surface area contributed by atoms with Crippen LogP contribution in [0.15, 0.2) is 48.5 Å². The van der Waals surface area contributed by atoms with Gasteiger partial charge in [-0.15, -0.1) is 0 Å². The number of piperazine rings is 1. The third-order valence-electron chi connectivity index (χ3n) is 8.04. The van der Waals surface area contributed by atoms with Crippen molar-refractivity contribution in [3.8, 4) is 0 Å². The fourth-order valence-electron chi connectivity index (χ4n) is 5.72. The van der Waals surface area contributed by atoms with E-state index in [1.807, 2.05) is 18.2 Å². The van der Waals surface area contributed by atoms with Crippen molar-refractivity contribution < 1.29 is 13.2 Å². The summed E-state index contributed by atoms with van der Waals surface area (Å²) >= 11 is 6.36. The number of fused-ring (bicyclic) bond motifs is 1. The SMILES string of the molecule is FC(F)(F)CCCCCCCCCc1cccc(N2CCN(CCCCCn3c(Cl)nc4ccccc43)CC2)c1. The lowest BCUT2D eigenvalue weighted by Gasteiger charge is -2.36. The number of rotatable bonds is 16. The molecule has 3 aromatic rings. The normalized spacial score (nSPS) is 14.8. The molecule has 1 aliphatic heterocycles. The van der Waals surface area contributed by atoms with E-state index in [0.717, 1.165) is 95.2 Å². The Morgan fingerprint density at radius 1 is 0.725 bits per heavy atom. The van der Waals surface area contributed by atoms with Crippen LogP contribution in [0.5, 0.6) is 0 Å². The highest BCUT2D eigenvalue weighted by molar-refractivity contribution is 6.29. The predicted octanol–water partition coefficient (Wildman–Crippen LogP) is 8.91. The standard InChI is InChI=1S/C32H44ClF3N4/c33-31-37-29-17-8-9-18-30(29)40(31)21-12-6-11-20-38-22-24-39(25-23-38)28-16-13-15-27(26-28)14-7-4-2-1-3-5-10-19-32(34,35)36/h8-9,13,15-18,26H,1-7,10-12,14,19-25H2. The molecule has 1 aromatic heterocycles. The predicted molar refractivity (Wildman–Crippen MR) is 160 cm³/mol. The summed E-state index contributed by atoms with van der Waals surface area (Å²) < 4.78 is 38.7. The van der Waals surface area contributed by atoms with Crippen molar-refractivity contribution in [1.29, 1.82) is 0 Å². The highest BCUT2D eigenvalue weighted by Gasteiger charge is 2.25. The van der Waals surface area contributed by atoms with Gasteiger partial charge in [0.2, 0.25) is 5.28 Å². The number of aromatic nitrogens is 2. The minimum Gasteiger partial charge on any atom is -0.369 e. The van der Waals surface area contributed by atoms with Crippen LogP contribution in [0.25, 0.3) is 11.0 Å². The monoisotopic (exact) mass is 576 g/mol. The van der Waals surface area contributed by atoms with Crippen molar-refractivity contribution in [3.05, 3.63) is 59.4 Å². The highest BCUT2D eigenvalue weighted by atomic mass is 35.5. The third-order valence-corrected chi connectivity index (χ3v) is 8.33. The second-order valence-corrected chi connectivity index (χ2v) is 11.5. The van der Waals surface area contributed by atoms with Gasteiger partial charge in [-0.3, -0.25) is 4.90 Å². The summed E-state index contributed by atoms with van der Waals surface area (Å²) in [6.07, 6.45) is 6.23. The lowest BCUT2D eigenvalue weighted by molar-refractivity contribution is -0.135. The first kappa shape index (κ1) is 30.7. The lowest BCUT2D eigenvalue weighted by atomic mass is 10.0. The maximum absolute atomic E-state index is 12.2. The zero-order chi connectivity index (χ0) is 28.2. The molecule has 1 fully saturated rings. The van der Waals surface area contributed by atoms with Crippen LogP contribution in [0.2, 0.25) is 5.28 Å². The summed E-state index contributed by atoms with van der Waals surface area (Å²) in [4.78, 5) is 9.54. The maximum Gasteiger partial charge on any atom is 0.389 e. The number of halogens is 4. The molecule has 0 N–H and O–H groups in total. The van der Waals surface area contributed by atoms with Crippen molar-refractivity contribution >= 4 is 28.3 Å². The largest absolute Gasteiger partial charge is 0.389 e. The summed E-state index contributed by atoms with van der Waals surface area (Å²) in [6, 6.07) is 17.1. The average Bonchev–Trinajstić information content (AvgIpc) is 3.26. The second kappa shape index (κ2) is 15.7. The summed E-state index contributed by atoms with van der Waals surface area (Å²) in [5.74, 6) is 0. The first-order chi connectivity index (χ1) is 19.4. The van der Waals surface area contributed by atoms with Gasteiger partial charge in [0.1, 0.15) is 0 Å². The minimum atomic E-state index is -4.00. The number of hydrogen-bond acceptors (Lipinski definition) is 3. The molecule has 4 rings (SSSR count). The average molecular weight is 577 g/mol. The molecule has 0 atom stereocenters. The van der Waals surface area contributed by atoms with E-state index < -0.39 is 12.6 Å². The molecule has 0 spiro atoms. The van der Waals surface area contributed by atoms with Crippen LogP contribution in [0.3, 0.4) is 0 Å². The van der Waals surface area contributed by atoms with Crippen LogP contribution in [0, 0.1) is 0 Å². The summed E-state index contributed by atoms with van der Waals surface area (Å²) in [6.45, 7) is 6.39. The topological polar surface area (TPSA) is 24.3 Å². The molecule has 0 bridgehead atoms. The van der Waals surface area contributed by atoms with E-state index in [4.69, 9.17) is 11.6 Å². The molecule has 220 valence electrons. The number of nitrogens with zero attached hydrogens (tertiary/aromatic N) is 4. The Bertz CT molecular complexity index is 1150. The Labute approximate surface area is 242 Å². The van der Waals surface area contributed by atoms with Gasteiger partial charge < -0.3 is 9.47 Å².